The average molecular weight is 223 g/mol. The van der Waals surface area contributed by atoms with E-state index in [1.54, 1.807) is 0 Å². The minimum atomic E-state index is 0.596. The maximum absolute atomic E-state index is 5.48. The zero-order chi connectivity index (χ0) is 10.8. The number of fused-ring (bicyclic) bond motifs is 1. The fourth-order valence-electron chi connectivity index (χ4n) is 1.33. The topological polar surface area (TPSA) is 67.9 Å². The number of anilines is 1. The van der Waals surface area contributed by atoms with Gasteiger partial charge in [-0.1, -0.05) is 0 Å². The molecule has 0 amide bonds. The lowest BCUT2D eigenvalue weighted by Gasteiger charge is -2.14. The first kappa shape index (κ1) is 10.3. The van der Waals surface area contributed by atoms with Crippen molar-refractivity contribution in [2.75, 3.05) is 25.0 Å². The van der Waals surface area contributed by atoms with Crippen molar-refractivity contribution in [2.45, 2.75) is 6.92 Å². The minimum Gasteiger partial charge on any atom is -0.343 e. The molecule has 2 rings (SSSR count). The van der Waals surface area contributed by atoms with Crippen LogP contribution in [0, 0.1) is 6.92 Å². The highest BCUT2D eigenvalue weighted by Gasteiger charge is 2.08. The van der Waals surface area contributed by atoms with E-state index >= 15 is 0 Å². The van der Waals surface area contributed by atoms with E-state index in [4.69, 9.17) is 5.73 Å². The second-order valence-electron chi connectivity index (χ2n) is 3.36. The van der Waals surface area contributed by atoms with Gasteiger partial charge in [0.1, 0.15) is 5.52 Å². The van der Waals surface area contributed by atoms with Crippen LogP contribution in [0.4, 0.5) is 5.95 Å². The lowest BCUT2D eigenvalue weighted by Crippen LogP contribution is -2.26. The van der Waals surface area contributed by atoms with Crippen molar-refractivity contribution in [3.63, 3.8) is 0 Å². The number of hydrogen-bond donors (Lipinski definition) is 1. The summed E-state index contributed by atoms with van der Waals surface area (Å²) in [4.78, 5) is 10.7. The van der Waals surface area contributed by atoms with Gasteiger partial charge in [-0.25, -0.2) is 9.97 Å². The van der Waals surface area contributed by atoms with Gasteiger partial charge >= 0.3 is 0 Å². The molecule has 0 spiro atoms. The number of aromatic nitrogens is 3. The van der Waals surface area contributed by atoms with E-state index in [-0.39, 0.29) is 0 Å². The molecule has 2 aromatic rings. The molecule has 2 aromatic heterocycles. The molecule has 0 fully saturated rings. The molecule has 0 aliphatic carbocycles. The van der Waals surface area contributed by atoms with Crippen LogP contribution in [0.15, 0.2) is 6.20 Å². The summed E-state index contributed by atoms with van der Waals surface area (Å²) >= 11 is 1.43. The molecule has 0 aromatic carbocycles. The number of aryl methyl sites for hydroxylation is 1. The normalized spacial score (nSPS) is 10.9. The first-order valence-electron chi connectivity index (χ1n) is 4.72. The van der Waals surface area contributed by atoms with Gasteiger partial charge in [0.25, 0.3) is 0 Å². The summed E-state index contributed by atoms with van der Waals surface area (Å²) in [6, 6.07) is 0. The Morgan fingerprint density at radius 1 is 1.53 bits per heavy atom. The van der Waals surface area contributed by atoms with Crippen LogP contribution in [0.5, 0.6) is 0 Å². The molecule has 2 N–H and O–H groups in total. The van der Waals surface area contributed by atoms with Crippen LogP contribution in [0.25, 0.3) is 10.2 Å². The number of nitrogens with zero attached hydrogens (tertiary/aromatic N) is 4. The Labute approximate surface area is 92.1 Å². The minimum absolute atomic E-state index is 0.596. The van der Waals surface area contributed by atoms with E-state index in [2.05, 4.69) is 14.3 Å². The van der Waals surface area contributed by atoms with Gasteiger partial charge in [-0.2, -0.15) is 4.37 Å². The molecule has 0 atom stereocenters. The number of nitrogens with two attached hydrogens (primary N) is 1. The van der Waals surface area contributed by atoms with E-state index in [0.29, 0.717) is 12.5 Å². The fraction of sp³-hybridized carbons (Fsp3) is 0.444. The standard InChI is InChI=1S/C9H13N5S/c1-6-8-7(15-13-6)5-11-9(12-8)14(2)4-3-10/h5H,3-4,10H2,1-2H3. The molecule has 0 unspecified atom stereocenters. The van der Waals surface area contributed by atoms with Crippen molar-refractivity contribution < 1.29 is 0 Å². The Morgan fingerprint density at radius 3 is 3.07 bits per heavy atom. The molecule has 0 radical (unpaired) electrons. The molecule has 0 saturated heterocycles. The molecular formula is C9H13N5S. The Bertz CT molecular complexity index is 466. The van der Waals surface area contributed by atoms with Gasteiger partial charge in [-0.05, 0) is 18.5 Å². The van der Waals surface area contributed by atoms with Crippen LogP contribution < -0.4 is 10.6 Å². The van der Waals surface area contributed by atoms with Crippen molar-refractivity contribution in [3.05, 3.63) is 11.9 Å². The molecule has 2 heterocycles. The third kappa shape index (κ3) is 1.91. The molecule has 6 heteroatoms. The first-order chi connectivity index (χ1) is 7.22. The second kappa shape index (κ2) is 4.08. The first-order valence-corrected chi connectivity index (χ1v) is 5.50. The van der Waals surface area contributed by atoms with Crippen LogP contribution in [-0.4, -0.2) is 34.5 Å². The van der Waals surface area contributed by atoms with Gasteiger partial charge < -0.3 is 10.6 Å². The Hall–Kier alpha value is -1.27. The van der Waals surface area contributed by atoms with Gasteiger partial charge in [0.15, 0.2) is 0 Å². The summed E-state index contributed by atoms with van der Waals surface area (Å²) < 4.78 is 5.26. The van der Waals surface area contributed by atoms with Gasteiger partial charge in [-0.15, -0.1) is 0 Å². The van der Waals surface area contributed by atoms with Crippen molar-refractivity contribution in [3.8, 4) is 0 Å². The molecule has 5 nitrogen and oxygen atoms in total. The average Bonchev–Trinajstić information content (AvgIpc) is 2.60. The molecule has 0 bridgehead atoms. The predicted molar refractivity (Wildman–Crippen MR) is 62.3 cm³/mol. The van der Waals surface area contributed by atoms with Crippen LogP contribution in [0.3, 0.4) is 0 Å². The maximum atomic E-state index is 5.48. The molecule has 15 heavy (non-hydrogen) atoms. The van der Waals surface area contributed by atoms with Gasteiger partial charge in [0.05, 0.1) is 16.6 Å². The van der Waals surface area contributed by atoms with E-state index in [1.807, 2.05) is 25.1 Å². The Morgan fingerprint density at radius 2 is 2.33 bits per heavy atom. The molecule has 80 valence electrons. The third-order valence-electron chi connectivity index (χ3n) is 2.17. The summed E-state index contributed by atoms with van der Waals surface area (Å²) in [5.74, 6) is 0.705. The number of rotatable bonds is 3. The zero-order valence-corrected chi connectivity index (χ0v) is 9.58. The molecule has 0 aliphatic heterocycles. The summed E-state index contributed by atoms with van der Waals surface area (Å²) in [6.45, 7) is 3.30. The van der Waals surface area contributed by atoms with E-state index in [1.165, 1.54) is 11.5 Å². The highest BCUT2D eigenvalue weighted by Crippen LogP contribution is 2.20. The van der Waals surface area contributed by atoms with Crippen molar-refractivity contribution in [1.29, 1.82) is 0 Å². The second-order valence-corrected chi connectivity index (χ2v) is 4.17. The van der Waals surface area contributed by atoms with Crippen LogP contribution in [0.1, 0.15) is 5.69 Å². The van der Waals surface area contributed by atoms with E-state index in [9.17, 15) is 0 Å². The summed E-state index contributed by atoms with van der Waals surface area (Å²) in [6.07, 6.45) is 1.81. The lowest BCUT2D eigenvalue weighted by molar-refractivity contribution is 0.850. The third-order valence-corrected chi connectivity index (χ3v) is 3.03. The van der Waals surface area contributed by atoms with Gasteiger partial charge in [-0.3, -0.25) is 0 Å². The highest BCUT2D eigenvalue weighted by molar-refractivity contribution is 7.13. The maximum Gasteiger partial charge on any atom is 0.225 e. The quantitative estimate of drug-likeness (QED) is 0.833. The van der Waals surface area contributed by atoms with Crippen LogP contribution in [-0.2, 0) is 0 Å². The number of likely N-dealkylation sites (N-methyl/N-ethyl adjacent to an activating group) is 1. The molecule has 0 saturated carbocycles. The zero-order valence-electron chi connectivity index (χ0n) is 8.77. The fourth-order valence-corrected chi connectivity index (χ4v) is 2.03. The van der Waals surface area contributed by atoms with Crippen LogP contribution in [0.2, 0.25) is 0 Å². The highest BCUT2D eigenvalue weighted by atomic mass is 32.1. The van der Waals surface area contributed by atoms with E-state index < -0.39 is 0 Å². The van der Waals surface area contributed by atoms with Gasteiger partial charge in [0, 0.05) is 20.1 Å². The van der Waals surface area contributed by atoms with E-state index in [0.717, 1.165) is 22.5 Å². The molecular weight excluding hydrogens is 210 g/mol. The summed E-state index contributed by atoms with van der Waals surface area (Å²) in [7, 11) is 1.93. The molecule has 0 aliphatic rings. The van der Waals surface area contributed by atoms with Crippen LogP contribution >= 0.6 is 11.5 Å². The number of hydrogen-bond acceptors (Lipinski definition) is 6. The predicted octanol–water partition coefficient (Wildman–Crippen LogP) is 0.790. The van der Waals surface area contributed by atoms with Gasteiger partial charge in [0.2, 0.25) is 5.95 Å². The Kier molecular flexibility index (Phi) is 2.79. The largest absolute Gasteiger partial charge is 0.343 e. The Balaban J connectivity index is 2.41. The lowest BCUT2D eigenvalue weighted by atomic mass is 10.4. The smallest absolute Gasteiger partial charge is 0.225 e. The van der Waals surface area contributed by atoms with Crippen molar-refractivity contribution in [2.24, 2.45) is 5.73 Å². The summed E-state index contributed by atoms with van der Waals surface area (Å²) in [5, 5.41) is 0. The van der Waals surface area contributed by atoms with Crippen molar-refractivity contribution >= 4 is 27.7 Å². The SMILES string of the molecule is Cc1nsc2cnc(N(C)CCN)nc12. The van der Waals surface area contributed by atoms with Crippen molar-refractivity contribution in [1.82, 2.24) is 14.3 Å². The summed E-state index contributed by atoms with van der Waals surface area (Å²) in [5.41, 5.74) is 7.38. The monoisotopic (exact) mass is 223 g/mol.